The van der Waals surface area contributed by atoms with Gasteiger partial charge in [0.15, 0.2) is 0 Å². The lowest BCUT2D eigenvalue weighted by Crippen LogP contribution is -2.52. The van der Waals surface area contributed by atoms with E-state index in [9.17, 15) is 29.6 Å². The second kappa shape index (κ2) is 5.80. The van der Waals surface area contributed by atoms with Gasteiger partial charge in [-0.25, -0.2) is 4.79 Å². The van der Waals surface area contributed by atoms with E-state index in [2.05, 4.69) is 15.9 Å². The van der Waals surface area contributed by atoms with Crippen LogP contribution >= 0.6 is 15.9 Å². The number of nitrogens with zero attached hydrogens (tertiary/aromatic N) is 3. The number of nitro groups is 1. The zero-order chi connectivity index (χ0) is 17.5. The fraction of sp³-hybridized carbons (Fsp3) is 0.154. The number of imide groups is 2. The highest BCUT2D eigenvalue weighted by Gasteiger charge is 2.37. The molecule has 0 aliphatic carbocycles. The van der Waals surface area contributed by atoms with Gasteiger partial charge in [0.05, 0.1) is 4.92 Å². The number of carbonyl (C=O) groups excluding carboxylic acids is 3. The van der Waals surface area contributed by atoms with Crippen LogP contribution in [0.2, 0.25) is 0 Å². The SMILES string of the molecule is CN1C(=O)C(=Cc2cc(Br)c([O-])c([N+](=O)[O-])c2)C(=O)N(C)C1=O. The number of nitro benzene ring substituents is 1. The third-order valence-electron chi connectivity index (χ3n) is 3.20. The van der Waals surface area contributed by atoms with Crippen molar-refractivity contribution in [3.05, 3.63) is 37.9 Å². The van der Waals surface area contributed by atoms with Crippen molar-refractivity contribution >= 4 is 45.5 Å². The van der Waals surface area contributed by atoms with E-state index < -0.39 is 34.2 Å². The Balaban J connectivity index is 2.57. The zero-order valence-electron chi connectivity index (χ0n) is 11.9. The lowest BCUT2D eigenvalue weighted by molar-refractivity contribution is -0.398. The van der Waals surface area contributed by atoms with Crippen LogP contribution in [0.15, 0.2) is 22.2 Å². The Morgan fingerprint density at radius 1 is 1.13 bits per heavy atom. The van der Waals surface area contributed by atoms with Crippen molar-refractivity contribution in [2.24, 2.45) is 0 Å². The topological polar surface area (TPSA) is 124 Å². The van der Waals surface area contributed by atoms with Gasteiger partial charge in [0.2, 0.25) is 0 Å². The van der Waals surface area contributed by atoms with E-state index >= 15 is 0 Å². The minimum Gasteiger partial charge on any atom is -0.867 e. The molecule has 1 aliphatic heterocycles. The summed E-state index contributed by atoms with van der Waals surface area (Å²) in [6.45, 7) is 0. The smallest absolute Gasteiger partial charge is 0.333 e. The number of rotatable bonds is 2. The second-order valence-electron chi connectivity index (χ2n) is 4.68. The third-order valence-corrected chi connectivity index (χ3v) is 3.79. The van der Waals surface area contributed by atoms with Crippen molar-refractivity contribution in [3.8, 4) is 5.75 Å². The van der Waals surface area contributed by atoms with Crippen LogP contribution in [0.4, 0.5) is 10.5 Å². The molecular formula is C13H9BrN3O6-. The van der Waals surface area contributed by atoms with Gasteiger partial charge in [0, 0.05) is 24.6 Å². The first kappa shape index (κ1) is 16.6. The Morgan fingerprint density at radius 2 is 1.65 bits per heavy atom. The van der Waals surface area contributed by atoms with Gasteiger partial charge in [0.1, 0.15) is 5.57 Å². The van der Waals surface area contributed by atoms with E-state index in [0.29, 0.717) is 0 Å². The summed E-state index contributed by atoms with van der Waals surface area (Å²) in [6, 6.07) is 1.43. The van der Waals surface area contributed by atoms with Crippen molar-refractivity contribution < 1.29 is 24.4 Å². The Bertz CT molecular complexity index is 762. The monoisotopic (exact) mass is 382 g/mol. The summed E-state index contributed by atoms with van der Waals surface area (Å²) in [5.41, 5.74) is -0.926. The third kappa shape index (κ3) is 2.80. The molecule has 0 saturated carbocycles. The van der Waals surface area contributed by atoms with Crippen molar-refractivity contribution in [3.63, 3.8) is 0 Å². The molecule has 1 aromatic rings. The van der Waals surface area contributed by atoms with Gasteiger partial charge in [-0.15, -0.1) is 0 Å². The maximum atomic E-state index is 12.0. The van der Waals surface area contributed by atoms with Crippen LogP contribution in [0, 0.1) is 10.1 Å². The first-order valence-corrected chi connectivity index (χ1v) is 6.91. The molecule has 0 atom stereocenters. The number of hydrogen-bond donors (Lipinski definition) is 0. The maximum Gasteiger partial charge on any atom is 0.333 e. The van der Waals surface area contributed by atoms with E-state index in [1.165, 1.54) is 20.2 Å². The van der Waals surface area contributed by atoms with Crippen LogP contribution in [-0.4, -0.2) is 46.7 Å². The van der Waals surface area contributed by atoms with E-state index in [4.69, 9.17) is 0 Å². The molecule has 4 amide bonds. The molecule has 1 fully saturated rings. The molecule has 1 heterocycles. The minimum atomic E-state index is -0.860. The van der Waals surface area contributed by atoms with E-state index in [0.717, 1.165) is 21.9 Å². The Labute approximate surface area is 138 Å². The van der Waals surface area contributed by atoms with Gasteiger partial charge < -0.3 is 5.11 Å². The summed E-state index contributed by atoms with van der Waals surface area (Å²) < 4.78 is -0.0768. The summed E-state index contributed by atoms with van der Waals surface area (Å²) in [5, 5.41) is 22.5. The molecule has 0 unspecified atom stereocenters. The average molecular weight is 383 g/mol. The summed E-state index contributed by atoms with van der Waals surface area (Å²) in [7, 11) is 2.42. The fourth-order valence-corrected chi connectivity index (χ4v) is 2.43. The molecule has 9 nitrogen and oxygen atoms in total. The highest BCUT2D eigenvalue weighted by molar-refractivity contribution is 9.10. The molecule has 0 spiro atoms. The van der Waals surface area contributed by atoms with Crippen molar-refractivity contribution in [1.29, 1.82) is 0 Å². The number of hydrogen-bond acceptors (Lipinski definition) is 6. The molecule has 0 bridgehead atoms. The molecule has 1 aromatic carbocycles. The predicted molar refractivity (Wildman–Crippen MR) is 79.2 cm³/mol. The molecule has 23 heavy (non-hydrogen) atoms. The number of carbonyl (C=O) groups is 3. The molecule has 0 aromatic heterocycles. The number of benzene rings is 1. The van der Waals surface area contributed by atoms with Crippen LogP contribution in [0.3, 0.4) is 0 Å². The predicted octanol–water partition coefficient (Wildman–Crippen LogP) is 0.865. The van der Waals surface area contributed by atoms with Crippen LogP contribution in [-0.2, 0) is 9.59 Å². The number of barbiturate groups is 1. The van der Waals surface area contributed by atoms with Gasteiger partial charge in [-0.3, -0.25) is 29.5 Å². The summed E-state index contributed by atoms with van der Waals surface area (Å²) >= 11 is 2.90. The number of halogens is 1. The van der Waals surface area contributed by atoms with Crippen LogP contribution in [0.1, 0.15) is 5.56 Å². The molecule has 120 valence electrons. The minimum absolute atomic E-state index is 0.0768. The normalized spacial score (nSPS) is 15.3. The molecular weight excluding hydrogens is 374 g/mol. The van der Waals surface area contributed by atoms with E-state index in [-0.39, 0.29) is 15.6 Å². The standard InChI is InChI=1S/C13H10BrN3O6/c1-15-11(19)7(12(20)16(2)13(15)21)3-6-4-8(14)10(18)9(5-6)17(22)23/h3-5,18H,1-2H3/p-1. The molecule has 2 rings (SSSR count). The maximum absolute atomic E-state index is 12.0. The van der Waals surface area contributed by atoms with Gasteiger partial charge in [-0.05, 0) is 23.5 Å². The van der Waals surface area contributed by atoms with Crippen molar-refractivity contribution in [2.75, 3.05) is 14.1 Å². The second-order valence-corrected chi connectivity index (χ2v) is 5.53. The Kier molecular flexibility index (Phi) is 4.19. The van der Waals surface area contributed by atoms with E-state index in [1.807, 2.05) is 0 Å². The molecule has 0 radical (unpaired) electrons. The van der Waals surface area contributed by atoms with Crippen molar-refractivity contribution in [2.45, 2.75) is 0 Å². The lowest BCUT2D eigenvalue weighted by atomic mass is 10.1. The zero-order valence-corrected chi connectivity index (χ0v) is 13.5. The highest BCUT2D eigenvalue weighted by atomic mass is 79.9. The van der Waals surface area contributed by atoms with Gasteiger partial charge in [0.25, 0.3) is 17.5 Å². The number of likely N-dealkylation sites (N-methyl/N-ethyl adjacent to an activating group) is 2. The molecule has 1 aliphatic rings. The molecule has 1 saturated heterocycles. The average Bonchev–Trinajstić information content (AvgIpc) is 2.50. The number of amides is 4. The molecule has 10 heteroatoms. The van der Waals surface area contributed by atoms with Gasteiger partial charge in [-0.2, -0.15) is 0 Å². The lowest BCUT2D eigenvalue weighted by Gasteiger charge is -2.28. The largest absolute Gasteiger partial charge is 0.867 e. The van der Waals surface area contributed by atoms with Crippen molar-refractivity contribution in [1.82, 2.24) is 9.80 Å². The Morgan fingerprint density at radius 3 is 2.13 bits per heavy atom. The van der Waals surface area contributed by atoms with Crippen LogP contribution in [0.25, 0.3) is 6.08 Å². The Hall–Kier alpha value is -2.75. The van der Waals surface area contributed by atoms with Gasteiger partial charge in [-0.1, -0.05) is 15.9 Å². The first-order chi connectivity index (χ1) is 10.6. The van der Waals surface area contributed by atoms with Gasteiger partial charge >= 0.3 is 6.03 Å². The first-order valence-electron chi connectivity index (χ1n) is 6.12. The summed E-state index contributed by atoms with van der Waals surface area (Å²) in [6.07, 6.45) is 1.10. The number of urea groups is 1. The van der Waals surface area contributed by atoms with E-state index in [1.54, 1.807) is 0 Å². The molecule has 0 N–H and O–H groups in total. The summed E-state index contributed by atoms with van der Waals surface area (Å²) in [4.78, 5) is 47.2. The highest BCUT2D eigenvalue weighted by Crippen LogP contribution is 2.33. The van der Waals surface area contributed by atoms with Crippen LogP contribution < -0.4 is 5.11 Å². The summed E-state index contributed by atoms with van der Waals surface area (Å²) in [5.74, 6) is -2.48. The quantitative estimate of drug-likeness (QED) is 0.323. The van der Waals surface area contributed by atoms with Crippen LogP contribution in [0.5, 0.6) is 5.75 Å². The fourth-order valence-electron chi connectivity index (χ4n) is 1.96.